The number of carbonyl (C=O) groups is 2. The van der Waals surface area contributed by atoms with E-state index in [1.165, 1.54) is 7.11 Å². The van der Waals surface area contributed by atoms with Crippen LogP contribution in [0.1, 0.15) is 25.3 Å². The molecule has 0 saturated carbocycles. The average Bonchev–Trinajstić information content (AvgIpc) is 2.60. The van der Waals surface area contributed by atoms with Crippen molar-refractivity contribution in [3.63, 3.8) is 0 Å². The fourth-order valence-electron chi connectivity index (χ4n) is 3.06. The fourth-order valence-corrected chi connectivity index (χ4v) is 3.49. The maximum absolute atomic E-state index is 12.7. The molecule has 1 aliphatic heterocycles. The maximum Gasteiger partial charge on any atom is 0.336 e. The van der Waals surface area contributed by atoms with Crippen LogP contribution in [-0.4, -0.2) is 37.9 Å². The van der Waals surface area contributed by atoms with Gasteiger partial charge in [-0.25, -0.2) is 4.79 Å². The number of hydrogen-bond acceptors (Lipinski definition) is 6. The number of hydrogen-bond donors (Lipinski definition) is 1. The Morgan fingerprint density at radius 1 is 1.27 bits per heavy atom. The van der Waals surface area contributed by atoms with Crippen LogP contribution in [0.4, 0.5) is 0 Å². The van der Waals surface area contributed by atoms with E-state index in [1.54, 1.807) is 32.0 Å². The number of nitrogens with zero attached hydrogens (tertiary/aromatic N) is 1. The van der Waals surface area contributed by atoms with Crippen LogP contribution < -0.4 is 5.73 Å². The van der Waals surface area contributed by atoms with Gasteiger partial charge < -0.3 is 15.2 Å². The molecule has 0 radical (unpaired) electrons. The zero-order valence-electron chi connectivity index (χ0n) is 14.7. The molecule has 2 rings (SSSR count). The molecule has 2 N–H and O–H groups in total. The van der Waals surface area contributed by atoms with Gasteiger partial charge in [0.1, 0.15) is 12.5 Å². The minimum atomic E-state index is -0.819. The number of allylic oxidation sites excluding steroid dienone is 1. The van der Waals surface area contributed by atoms with E-state index in [-0.39, 0.29) is 23.7 Å². The summed E-state index contributed by atoms with van der Waals surface area (Å²) in [5, 5.41) is 0.583. The molecule has 6 nitrogen and oxygen atoms in total. The summed E-state index contributed by atoms with van der Waals surface area (Å²) >= 11 is 12.5. The fraction of sp³-hybridized carbons (Fsp3) is 0.389. The SMILES string of the molecule is COC(=O)C1C(C)=NC(C)=C(C(=O)OCCN)C1c1cccc(Cl)c1Cl. The first-order valence-corrected chi connectivity index (χ1v) is 8.73. The molecule has 1 aromatic carbocycles. The van der Waals surface area contributed by atoms with Gasteiger partial charge >= 0.3 is 11.9 Å². The molecule has 0 bridgehead atoms. The van der Waals surface area contributed by atoms with E-state index in [0.29, 0.717) is 22.0 Å². The van der Waals surface area contributed by atoms with Gasteiger partial charge in [-0.05, 0) is 25.5 Å². The molecule has 140 valence electrons. The number of carbonyl (C=O) groups excluding carboxylic acids is 2. The van der Waals surface area contributed by atoms with Gasteiger partial charge in [0, 0.05) is 23.9 Å². The van der Waals surface area contributed by atoms with E-state index in [0.717, 1.165) is 0 Å². The van der Waals surface area contributed by atoms with E-state index in [2.05, 4.69) is 4.99 Å². The third-order valence-corrected chi connectivity index (χ3v) is 5.00. The molecule has 0 saturated heterocycles. The second kappa shape index (κ2) is 8.66. The highest BCUT2D eigenvalue weighted by molar-refractivity contribution is 6.42. The van der Waals surface area contributed by atoms with Gasteiger partial charge in [-0.3, -0.25) is 9.79 Å². The van der Waals surface area contributed by atoms with Crippen LogP contribution in [0, 0.1) is 5.92 Å². The number of nitrogens with two attached hydrogens (primary N) is 1. The van der Waals surface area contributed by atoms with Gasteiger partial charge in [-0.1, -0.05) is 35.3 Å². The Bertz CT molecular complexity index is 789. The van der Waals surface area contributed by atoms with E-state index >= 15 is 0 Å². The van der Waals surface area contributed by atoms with Crippen molar-refractivity contribution >= 4 is 40.9 Å². The van der Waals surface area contributed by atoms with Crippen LogP contribution >= 0.6 is 23.2 Å². The number of halogens is 2. The Hall–Kier alpha value is -1.89. The molecule has 1 aromatic rings. The molecule has 1 aliphatic rings. The summed E-state index contributed by atoms with van der Waals surface area (Å²) in [5.74, 6) is -2.67. The third-order valence-electron chi connectivity index (χ3n) is 4.17. The molecule has 0 spiro atoms. The highest BCUT2D eigenvalue weighted by Crippen LogP contribution is 2.44. The van der Waals surface area contributed by atoms with Gasteiger partial charge in [-0.2, -0.15) is 0 Å². The number of ether oxygens (including phenoxy) is 2. The monoisotopic (exact) mass is 398 g/mol. The summed E-state index contributed by atoms with van der Waals surface area (Å²) in [7, 11) is 1.28. The standard InChI is InChI=1S/C18H20Cl2N2O4/c1-9-13(17(23)25-3)15(11-5-4-6-12(19)16(11)20)14(10(2)22-9)18(24)26-8-7-21/h4-6,13,15H,7-8,21H2,1-3H3. The van der Waals surface area contributed by atoms with Crippen molar-refractivity contribution in [3.8, 4) is 0 Å². The van der Waals surface area contributed by atoms with Gasteiger partial charge in [-0.15, -0.1) is 0 Å². The molecular weight excluding hydrogens is 379 g/mol. The molecule has 8 heteroatoms. The lowest BCUT2D eigenvalue weighted by Gasteiger charge is -2.31. The minimum Gasteiger partial charge on any atom is -0.468 e. The van der Waals surface area contributed by atoms with Crippen LogP contribution in [0.15, 0.2) is 34.5 Å². The van der Waals surface area contributed by atoms with Crippen molar-refractivity contribution in [2.75, 3.05) is 20.3 Å². The van der Waals surface area contributed by atoms with Crippen molar-refractivity contribution in [2.45, 2.75) is 19.8 Å². The quantitative estimate of drug-likeness (QED) is 0.769. The lowest BCUT2D eigenvalue weighted by atomic mass is 9.75. The number of aliphatic imine (C=N–C) groups is 1. The summed E-state index contributed by atoms with van der Waals surface area (Å²) in [5.41, 5.74) is 7.16. The molecule has 0 aliphatic carbocycles. The van der Waals surface area contributed by atoms with Crippen LogP contribution in [0.25, 0.3) is 0 Å². The second-order valence-corrected chi connectivity index (χ2v) is 6.58. The lowest BCUT2D eigenvalue weighted by molar-refractivity contribution is -0.144. The largest absolute Gasteiger partial charge is 0.468 e. The highest BCUT2D eigenvalue weighted by Gasteiger charge is 2.43. The van der Waals surface area contributed by atoms with E-state index in [9.17, 15) is 9.59 Å². The maximum atomic E-state index is 12.7. The number of esters is 2. The lowest BCUT2D eigenvalue weighted by Crippen LogP contribution is -2.36. The van der Waals surface area contributed by atoms with Gasteiger partial charge in [0.25, 0.3) is 0 Å². The van der Waals surface area contributed by atoms with Crippen LogP contribution in [0.3, 0.4) is 0 Å². The molecule has 1 heterocycles. The Kier molecular flexibility index (Phi) is 6.81. The predicted molar refractivity (Wildman–Crippen MR) is 101 cm³/mol. The Labute approximate surface area is 162 Å². The topological polar surface area (TPSA) is 91.0 Å². The molecule has 2 atom stereocenters. The Balaban J connectivity index is 2.67. The van der Waals surface area contributed by atoms with Crippen LogP contribution in [0.5, 0.6) is 0 Å². The smallest absolute Gasteiger partial charge is 0.336 e. The second-order valence-electron chi connectivity index (χ2n) is 5.80. The predicted octanol–water partition coefficient (Wildman–Crippen LogP) is 3.12. The van der Waals surface area contributed by atoms with Crippen molar-refractivity contribution < 1.29 is 19.1 Å². The summed E-state index contributed by atoms with van der Waals surface area (Å²) in [6, 6.07) is 5.06. The summed E-state index contributed by atoms with van der Waals surface area (Å²) in [6.07, 6.45) is 0. The number of rotatable bonds is 5. The first kappa shape index (κ1) is 20.4. The normalized spacial score (nSPS) is 19.8. The first-order valence-electron chi connectivity index (χ1n) is 7.98. The van der Waals surface area contributed by atoms with Crippen molar-refractivity contribution in [3.05, 3.63) is 45.1 Å². The van der Waals surface area contributed by atoms with Gasteiger partial charge in [0.05, 0.1) is 22.7 Å². The van der Waals surface area contributed by atoms with Crippen LogP contribution in [-0.2, 0) is 19.1 Å². The third kappa shape index (κ3) is 3.92. The molecule has 0 fully saturated rings. The number of methoxy groups -OCH3 is 1. The van der Waals surface area contributed by atoms with E-state index < -0.39 is 23.8 Å². The van der Waals surface area contributed by atoms with E-state index in [4.69, 9.17) is 38.4 Å². The molecule has 0 amide bonds. The zero-order valence-corrected chi connectivity index (χ0v) is 16.2. The highest BCUT2D eigenvalue weighted by atomic mass is 35.5. The zero-order chi connectivity index (χ0) is 19.4. The molecule has 0 aromatic heterocycles. The van der Waals surface area contributed by atoms with Gasteiger partial charge in [0.2, 0.25) is 0 Å². The molecule has 2 unspecified atom stereocenters. The van der Waals surface area contributed by atoms with Crippen molar-refractivity contribution in [1.29, 1.82) is 0 Å². The van der Waals surface area contributed by atoms with Gasteiger partial charge in [0.15, 0.2) is 0 Å². The molecular formula is C18H20Cl2N2O4. The minimum absolute atomic E-state index is 0.0528. The van der Waals surface area contributed by atoms with E-state index in [1.807, 2.05) is 0 Å². The summed E-state index contributed by atoms with van der Waals surface area (Å²) in [6.45, 7) is 3.63. The number of benzene rings is 1. The Morgan fingerprint density at radius 3 is 2.58 bits per heavy atom. The first-order chi connectivity index (χ1) is 12.3. The van der Waals surface area contributed by atoms with Crippen molar-refractivity contribution in [1.82, 2.24) is 0 Å². The summed E-state index contributed by atoms with van der Waals surface area (Å²) < 4.78 is 10.1. The summed E-state index contributed by atoms with van der Waals surface area (Å²) in [4.78, 5) is 29.5. The Morgan fingerprint density at radius 2 is 1.96 bits per heavy atom. The van der Waals surface area contributed by atoms with Crippen LogP contribution in [0.2, 0.25) is 10.0 Å². The average molecular weight is 399 g/mol. The molecule has 26 heavy (non-hydrogen) atoms. The van der Waals surface area contributed by atoms with Crippen molar-refractivity contribution in [2.24, 2.45) is 16.6 Å².